The largest absolute Gasteiger partial charge is 0.320 e. The average molecular weight is 191 g/mol. The van der Waals surface area contributed by atoms with Crippen LogP contribution in [0, 0.1) is 13.8 Å². The minimum Gasteiger partial charge on any atom is -0.320 e. The molecular weight excluding hydrogens is 170 g/mol. The van der Waals surface area contributed by atoms with Crippen LogP contribution in [0.3, 0.4) is 0 Å². The lowest BCUT2D eigenvalue weighted by atomic mass is 9.93. The van der Waals surface area contributed by atoms with Crippen molar-refractivity contribution in [1.29, 1.82) is 0 Å². The van der Waals surface area contributed by atoms with Crippen LogP contribution in [-0.2, 0) is 0 Å². The number of hydrogen-bond acceptors (Lipinski definition) is 1. The molecule has 1 nitrogen and oxygen atoms in total. The Labute approximate surface area is 87.5 Å². The minimum absolute atomic E-state index is 0.656. The maximum absolute atomic E-state index is 3.20. The number of aryl methyl sites for hydroxylation is 2. The van der Waals surface area contributed by atoms with Crippen molar-refractivity contribution in [2.75, 3.05) is 13.6 Å². The molecule has 0 aliphatic carbocycles. The highest BCUT2D eigenvalue weighted by atomic mass is 14.8. The summed E-state index contributed by atoms with van der Waals surface area (Å²) in [6.07, 6.45) is 1.21. The molecule has 1 rings (SSSR count). The van der Waals surface area contributed by atoms with Gasteiger partial charge in [0.25, 0.3) is 0 Å². The van der Waals surface area contributed by atoms with Gasteiger partial charge in [-0.1, -0.05) is 30.7 Å². The van der Waals surface area contributed by atoms with E-state index in [9.17, 15) is 0 Å². The first-order chi connectivity index (χ1) is 6.65. The molecule has 1 heteroatoms. The zero-order chi connectivity index (χ0) is 10.6. The van der Waals surface area contributed by atoms with Crippen LogP contribution < -0.4 is 5.32 Å². The van der Waals surface area contributed by atoms with Crippen LogP contribution in [0.2, 0.25) is 0 Å². The monoisotopic (exact) mass is 191 g/mol. The van der Waals surface area contributed by atoms with Crippen molar-refractivity contribution in [3.05, 3.63) is 34.9 Å². The van der Waals surface area contributed by atoms with Crippen LogP contribution in [0.5, 0.6) is 0 Å². The summed E-state index contributed by atoms with van der Waals surface area (Å²) in [5.74, 6) is 0.656. The van der Waals surface area contributed by atoms with Gasteiger partial charge in [0.2, 0.25) is 0 Å². The van der Waals surface area contributed by atoms with Gasteiger partial charge in [-0.15, -0.1) is 0 Å². The van der Waals surface area contributed by atoms with E-state index in [1.165, 1.54) is 23.1 Å². The molecule has 0 heterocycles. The Morgan fingerprint density at radius 1 is 1.29 bits per heavy atom. The highest BCUT2D eigenvalue weighted by Gasteiger charge is 2.07. The van der Waals surface area contributed by atoms with Crippen molar-refractivity contribution in [3.63, 3.8) is 0 Å². The molecule has 0 radical (unpaired) electrons. The molecule has 0 aliphatic heterocycles. The van der Waals surface area contributed by atoms with E-state index in [4.69, 9.17) is 0 Å². The fourth-order valence-electron chi connectivity index (χ4n) is 1.89. The third kappa shape index (κ3) is 2.85. The molecule has 78 valence electrons. The molecule has 1 unspecified atom stereocenters. The Morgan fingerprint density at radius 2 is 2.00 bits per heavy atom. The van der Waals surface area contributed by atoms with E-state index >= 15 is 0 Å². The summed E-state index contributed by atoms with van der Waals surface area (Å²) in [6, 6.07) is 6.74. The lowest BCUT2D eigenvalue weighted by molar-refractivity contribution is 0.634. The Balaban J connectivity index is 2.74. The molecule has 1 aromatic rings. The van der Waals surface area contributed by atoms with Crippen molar-refractivity contribution in [2.45, 2.75) is 33.1 Å². The summed E-state index contributed by atoms with van der Waals surface area (Å²) >= 11 is 0. The van der Waals surface area contributed by atoms with Crippen molar-refractivity contribution < 1.29 is 0 Å². The fourth-order valence-corrected chi connectivity index (χ4v) is 1.89. The smallest absolute Gasteiger partial charge is 0.00462 e. The number of hydrogen-bond donors (Lipinski definition) is 1. The minimum atomic E-state index is 0.656. The van der Waals surface area contributed by atoms with Gasteiger partial charge in [0.05, 0.1) is 0 Å². The molecule has 0 bridgehead atoms. The molecule has 0 amide bonds. The molecule has 14 heavy (non-hydrogen) atoms. The molecule has 0 saturated heterocycles. The molecule has 1 aromatic carbocycles. The van der Waals surface area contributed by atoms with Gasteiger partial charge in [0.1, 0.15) is 0 Å². The molecular formula is C13H21N. The van der Waals surface area contributed by atoms with E-state index < -0.39 is 0 Å². The summed E-state index contributed by atoms with van der Waals surface area (Å²) in [7, 11) is 2.01. The molecule has 0 aliphatic rings. The Hall–Kier alpha value is -0.820. The van der Waals surface area contributed by atoms with Gasteiger partial charge >= 0.3 is 0 Å². The van der Waals surface area contributed by atoms with E-state index in [1.807, 2.05) is 7.05 Å². The quantitative estimate of drug-likeness (QED) is 0.771. The second-order valence-electron chi connectivity index (χ2n) is 4.15. The maximum atomic E-state index is 3.20. The van der Waals surface area contributed by atoms with E-state index in [0.717, 1.165) is 6.54 Å². The fraction of sp³-hybridized carbons (Fsp3) is 0.538. The number of rotatable bonds is 4. The normalized spacial score (nSPS) is 12.9. The highest BCUT2D eigenvalue weighted by molar-refractivity contribution is 5.32. The predicted molar refractivity (Wildman–Crippen MR) is 62.9 cm³/mol. The zero-order valence-corrected chi connectivity index (χ0v) is 9.72. The van der Waals surface area contributed by atoms with Crippen LogP contribution in [0.15, 0.2) is 18.2 Å². The lowest BCUT2D eigenvalue weighted by Gasteiger charge is -2.14. The van der Waals surface area contributed by atoms with Crippen molar-refractivity contribution in [3.8, 4) is 0 Å². The maximum Gasteiger partial charge on any atom is -0.00462 e. The second-order valence-corrected chi connectivity index (χ2v) is 4.15. The van der Waals surface area contributed by atoms with Gasteiger partial charge in [-0.2, -0.15) is 0 Å². The molecule has 1 atom stereocenters. The third-order valence-corrected chi connectivity index (χ3v) is 2.78. The number of nitrogens with one attached hydrogen (secondary N) is 1. The first kappa shape index (κ1) is 11.3. The molecule has 0 aromatic heterocycles. The van der Waals surface area contributed by atoms with Gasteiger partial charge in [0.15, 0.2) is 0 Å². The lowest BCUT2D eigenvalue weighted by Crippen LogP contribution is -2.11. The van der Waals surface area contributed by atoms with Crippen LogP contribution in [-0.4, -0.2) is 13.6 Å². The summed E-state index contributed by atoms with van der Waals surface area (Å²) in [5.41, 5.74) is 4.27. The van der Waals surface area contributed by atoms with Crippen molar-refractivity contribution >= 4 is 0 Å². The van der Waals surface area contributed by atoms with Crippen molar-refractivity contribution in [2.24, 2.45) is 0 Å². The standard InChI is InChI=1S/C13H21N/c1-10-5-6-13(12(3)9-10)11(2)7-8-14-4/h5-6,9,11,14H,7-8H2,1-4H3. The van der Waals surface area contributed by atoms with E-state index in [2.05, 4.69) is 44.3 Å². The van der Waals surface area contributed by atoms with Crippen LogP contribution in [0.4, 0.5) is 0 Å². The van der Waals surface area contributed by atoms with E-state index in [-0.39, 0.29) is 0 Å². The van der Waals surface area contributed by atoms with Crippen LogP contribution in [0.25, 0.3) is 0 Å². The topological polar surface area (TPSA) is 12.0 Å². The van der Waals surface area contributed by atoms with Crippen LogP contribution in [0.1, 0.15) is 36.0 Å². The molecule has 0 saturated carbocycles. The third-order valence-electron chi connectivity index (χ3n) is 2.78. The van der Waals surface area contributed by atoms with Gasteiger partial charge < -0.3 is 5.32 Å². The molecule has 1 N–H and O–H groups in total. The zero-order valence-electron chi connectivity index (χ0n) is 9.72. The average Bonchev–Trinajstić information content (AvgIpc) is 2.14. The summed E-state index contributed by atoms with van der Waals surface area (Å²) in [4.78, 5) is 0. The Morgan fingerprint density at radius 3 is 2.57 bits per heavy atom. The number of benzene rings is 1. The SMILES string of the molecule is CNCCC(C)c1ccc(C)cc1C. The highest BCUT2D eigenvalue weighted by Crippen LogP contribution is 2.22. The van der Waals surface area contributed by atoms with Crippen LogP contribution >= 0.6 is 0 Å². The van der Waals surface area contributed by atoms with E-state index in [0.29, 0.717) is 5.92 Å². The summed E-state index contributed by atoms with van der Waals surface area (Å²) in [6.45, 7) is 7.75. The van der Waals surface area contributed by atoms with Gasteiger partial charge in [-0.05, 0) is 50.9 Å². The van der Waals surface area contributed by atoms with E-state index in [1.54, 1.807) is 0 Å². The first-order valence-electron chi connectivity index (χ1n) is 5.37. The Bertz CT molecular complexity index is 291. The van der Waals surface area contributed by atoms with Gasteiger partial charge in [-0.25, -0.2) is 0 Å². The van der Waals surface area contributed by atoms with Gasteiger partial charge in [-0.3, -0.25) is 0 Å². The molecule has 0 fully saturated rings. The Kier molecular flexibility index (Phi) is 4.15. The first-order valence-corrected chi connectivity index (χ1v) is 5.37. The summed E-state index contributed by atoms with van der Waals surface area (Å²) in [5, 5.41) is 3.20. The second kappa shape index (κ2) is 5.16. The van der Waals surface area contributed by atoms with Gasteiger partial charge in [0, 0.05) is 0 Å². The van der Waals surface area contributed by atoms with Crippen molar-refractivity contribution in [1.82, 2.24) is 5.32 Å². The predicted octanol–water partition coefficient (Wildman–Crippen LogP) is 3.02. The summed E-state index contributed by atoms with van der Waals surface area (Å²) < 4.78 is 0. The molecule has 0 spiro atoms.